The van der Waals surface area contributed by atoms with Crippen LogP contribution >= 0.6 is 23.1 Å². The second-order valence-electron chi connectivity index (χ2n) is 5.03. The lowest BCUT2D eigenvalue weighted by molar-refractivity contribution is 0.509. The van der Waals surface area contributed by atoms with Crippen molar-refractivity contribution < 1.29 is 8.81 Å². The van der Waals surface area contributed by atoms with E-state index in [2.05, 4.69) is 20.2 Å². The maximum absolute atomic E-state index is 13.0. The van der Waals surface area contributed by atoms with Gasteiger partial charge in [-0.3, -0.25) is 0 Å². The number of thiophene rings is 1. The molecule has 8 heteroatoms. The number of thioether (sulfide) groups is 1. The minimum atomic E-state index is -0.300. The van der Waals surface area contributed by atoms with Gasteiger partial charge in [0.05, 0.1) is 5.25 Å². The minimum absolute atomic E-state index is 0.0651. The standard InChI is InChI=1S/C16H11FN4OS2/c1-9(24-16-12-6-7-23-15(12)18-8-19-16)13-20-21-14(22-13)10-2-4-11(17)5-3-10/h2-9H,1H3/t9-/m0/s1. The van der Waals surface area contributed by atoms with Crippen LogP contribution in [0.15, 0.2) is 51.5 Å². The van der Waals surface area contributed by atoms with Crippen LogP contribution in [0.1, 0.15) is 18.1 Å². The summed E-state index contributed by atoms with van der Waals surface area (Å²) in [6.07, 6.45) is 1.56. The van der Waals surface area contributed by atoms with E-state index in [-0.39, 0.29) is 11.1 Å². The zero-order chi connectivity index (χ0) is 16.5. The first-order chi connectivity index (χ1) is 11.7. The predicted octanol–water partition coefficient (Wildman–Crippen LogP) is 4.73. The van der Waals surface area contributed by atoms with Gasteiger partial charge in [-0.2, -0.15) is 0 Å². The summed E-state index contributed by atoms with van der Waals surface area (Å²) in [4.78, 5) is 9.55. The van der Waals surface area contributed by atoms with Crippen LogP contribution in [0.4, 0.5) is 4.39 Å². The van der Waals surface area contributed by atoms with Crippen LogP contribution in [0.5, 0.6) is 0 Å². The molecular formula is C16H11FN4OS2. The Balaban J connectivity index is 1.58. The van der Waals surface area contributed by atoms with Gasteiger partial charge in [-0.15, -0.1) is 21.5 Å². The van der Waals surface area contributed by atoms with Gasteiger partial charge in [0.2, 0.25) is 11.8 Å². The van der Waals surface area contributed by atoms with E-state index in [1.165, 1.54) is 12.1 Å². The van der Waals surface area contributed by atoms with Crippen molar-refractivity contribution in [2.45, 2.75) is 17.2 Å². The van der Waals surface area contributed by atoms with E-state index in [4.69, 9.17) is 4.42 Å². The van der Waals surface area contributed by atoms with Gasteiger partial charge in [0.15, 0.2) is 0 Å². The molecule has 0 aliphatic carbocycles. The molecule has 3 aromatic heterocycles. The lowest BCUT2D eigenvalue weighted by Crippen LogP contribution is -1.91. The minimum Gasteiger partial charge on any atom is -0.419 e. The molecule has 0 spiro atoms. The molecule has 0 unspecified atom stereocenters. The second kappa shape index (κ2) is 6.29. The summed E-state index contributed by atoms with van der Waals surface area (Å²) in [5, 5.41) is 12.0. The monoisotopic (exact) mass is 358 g/mol. The topological polar surface area (TPSA) is 64.7 Å². The molecule has 1 atom stereocenters. The molecule has 4 aromatic rings. The first-order valence-electron chi connectivity index (χ1n) is 7.15. The zero-order valence-corrected chi connectivity index (χ0v) is 14.1. The summed E-state index contributed by atoms with van der Waals surface area (Å²) in [6, 6.07) is 7.97. The molecule has 24 heavy (non-hydrogen) atoms. The van der Waals surface area contributed by atoms with Gasteiger partial charge in [-0.05, 0) is 42.6 Å². The third-order valence-electron chi connectivity index (χ3n) is 3.39. The molecule has 1 aromatic carbocycles. The highest BCUT2D eigenvalue weighted by molar-refractivity contribution is 7.99. The number of aromatic nitrogens is 4. The Morgan fingerprint density at radius 2 is 1.96 bits per heavy atom. The summed E-state index contributed by atoms with van der Waals surface area (Å²) in [7, 11) is 0. The zero-order valence-electron chi connectivity index (χ0n) is 12.5. The molecule has 5 nitrogen and oxygen atoms in total. The molecule has 0 amide bonds. The number of hydrogen-bond acceptors (Lipinski definition) is 7. The average molecular weight is 358 g/mol. The first-order valence-corrected chi connectivity index (χ1v) is 8.91. The van der Waals surface area contributed by atoms with Gasteiger partial charge in [0.25, 0.3) is 0 Å². The van der Waals surface area contributed by atoms with Gasteiger partial charge in [-0.1, -0.05) is 11.8 Å². The Kier molecular flexibility index (Phi) is 3.99. The van der Waals surface area contributed by atoms with Crippen molar-refractivity contribution in [1.29, 1.82) is 0 Å². The lowest BCUT2D eigenvalue weighted by atomic mass is 10.2. The summed E-state index contributed by atoms with van der Waals surface area (Å²) < 4.78 is 18.7. The molecule has 0 saturated carbocycles. The lowest BCUT2D eigenvalue weighted by Gasteiger charge is -2.06. The Bertz CT molecular complexity index is 983. The van der Waals surface area contributed by atoms with E-state index in [9.17, 15) is 4.39 Å². The molecule has 0 saturated heterocycles. The molecule has 120 valence electrons. The fourth-order valence-corrected chi connectivity index (χ4v) is 3.92. The van der Waals surface area contributed by atoms with E-state index in [1.807, 2.05) is 18.4 Å². The van der Waals surface area contributed by atoms with Crippen LogP contribution in [0, 0.1) is 5.82 Å². The number of fused-ring (bicyclic) bond motifs is 1. The molecule has 0 radical (unpaired) electrons. The molecule has 4 rings (SSSR count). The number of halogens is 1. The highest BCUT2D eigenvalue weighted by Gasteiger charge is 2.18. The Hall–Kier alpha value is -2.32. The van der Waals surface area contributed by atoms with Crippen LogP contribution in [0.25, 0.3) is 21.7 Å². The second-order valence-corrected chi connectivity index (χ2v) is 7.25. The van der Waals surface area contributed by atoms with Gasteiger partial charge in [0, 0.05) is 10.9 Å². The summed E-state index contributed by atoms with van der Waals surface area (Å²) in [6.45, 7) is 1.98. The molecule has 0 aliphatic rings. The van der Waals surface area contributed by atoms with E-state index >= 15 is 0 Å². The predicted molar refractivity (Wildman–Crippen MR) is 91.4 cm³/mol. The SMILES string of the molecule is C[C@H](Sc1ncnc2sccc12)c1nnc(-c2ccc(F)cc2)o1. The summed E-state index contributed by atoms with van der Waals surface area (Å²) in [5.41, 5.74) is 0.689. The third kappa shape index (κ3) is 2.90. The van der Waals surface area contributed by atoms with Gasteiger partial charge in [-0.25, -0.2) is 14.4 Å². The molecule has 0 N–H and O–H groups in total. The fourth-order valence-electron chi connectivity index (χ4n) is 2.19. The average Bonchev–Trinajstić information content (AvgIpc) is 3.25. The van der Waals surface area contributed by atoms with Crippen LogP contribution < -0.4 is 0 Å². The quantitative estimate of drug-likeness (QED) is 0.388. The summed E-state index contributed by atoms with van der Waals surface area (Å²) >= 11 is 3.12. The Labute approximate surface area is 145 Å². The summed E-state index contributed by atoms with van der Waals surface area (Å²) in [5.74, 6) is 0.577. The van der Waals surface area contributed by atoms with Crippen molar-refractivity contribution in [3.8, 4) is 11.5 Å². The van der Waals surface area contributed by atoms with Gasteiger partial charge in [0.1, 0.15) is 22.0 Å². The largest absolute Gasteiger partial charge is 0.419 e. The fraction of sp³-hybridized carbons (Fsp3) is 0.125. The molecule has 0 aliphatic heterocycles. The molecule has 0 fully saturated rings. The van der Waals surface area contributed by atoms with Gasteiger partial charge < -0.3 is 4.42 Å². The van der Waals surface area contributed by atoms with Gasteiger partial charge >= 0.3 is 0 Å². The van der Waals surface area contributed by atoms with Crippen LogP contribution in [0.2, 0.25) is 0 Å². The van der Waals surface area contributed by atoms with E-state index < -0.39 is 0 Å². The highest BCUT2D eigenvalue weighted by Crippen LogP contribution is 2.37. The van der Waals surface area contributed by atoms with Crippen molar-refractivity contribution in [3.63, 3.8) is 0 Å². The normalized spacial score (nSPS) is 12.6. The van der Waals surface area contributed by atoms with Crippen molar-refractivity contribution in [2.24, 2.45) is 0 Å². The maximum atomic E-state index is 13.0. The smallest absolute Gasteiger partial charge is 0.247 e. The van der Waals surface area contributed by atoms with Crippen molar-refractivity contribution in [3.05, 3.63) is 53.7 Å². The Morgan fingerprint density at radius 3 is 2.79 bits per heavy atom. The highest BCUT2D eigenvalue weighted by atomic mass is 32.2. The van der Waals surface area contributed by atoms with E-state index in [0.29, 0.717) is 17.3 Å². The first kappa shape index (κ1) is 15.2. The Morgan fingerprint density at radius 1 is 1.12 bits per heavy atom. The van der Waals surface area contributed by atoms with Crippen LogP contribution in [0.3, 0.4) is 0 Å². The number of hydrogen-bond donors (Lipinski definition) is 0. The van der Waals surface area contributed by atoms with Crippen molar-refractivity contribution in [2.75, 3.05) is 0 Å². The number of rotatable bonds is 4. The number of nitrogens with zero attached hydrogens (tertiary/aromatic N) is 4. The van der Waals surface area contributed by atoms with E-state index in [1.54, 1.807) is 41.6 Å². The van der Waals surface area contributed by atoms with Crippen LogP contribution in [-0.4, -0.2) is 20.2 Å². The molecule has 0 bridgehead atoms. The number of benzene rings is 1. The molecule has 3 heterocycles. The molecular weight excluding hydrogens is 347 g/mol. The van der Waals surface area contributed by atoms with Crippen molar-refractivity contribution >= 4 is 33.3 Å². The third-order valence-corrected chi connectivity index (χ3v) is 5.32. The maximum Gasteiger partial charge on any atom is 0.247 e. The van der Waals surface area contributed by atoms with Crippen LogP contribution in [-0.2, 0) is 0 Å². The van der Waals surface area contributed by atoms with Crippen molar-refractivity contribution in [1.82, 2.24) is 20.2 Å². The van der Waals surface area contributed by atoms with E-state index in [0.717, 1.165) is 15.2 Å².